The Morgan fingerprint density at radius 2 is 2.03 bits per heavy atom. The molecule has 9 heteroatoms. The van der Waals surface area contributed by atoms with Gasteiger partial charge in [0, 0.05) is 66.9 Å². The minimum Gasteiger partial charge on any atom is -0.481 e. The van der Waals surface area contributed by atoms with Crippen molar-refractivity contribution in [2.75, 3.05) is 44.9 Å². The summed E-state index contributed by atoms with van der Waals surface area (Å²) in [5.74, 6) is 2.61. The third kappa shape index (κ3) is 4.32. The molecule has 0 saturated carbocycles. The van der Waals surface area contributed by atoms with Crippen LogP contribution in [0.25, 0.3) is 22.4 Å². The van der Waals surface area contributed by atoms with Gasteiger partial charge in [0.25, 0.3) is 0 Å². The maximum Gasteiger partial charge on any atom is 0.222 e. The molecule has 2 aliphatic heterocycles. The Kier molecular flexibility index (Phi) is 6.36. The molecule has 1 amide bonds. The van der Waals surface area contributed by atoms with Crippen molar-refractivity contribution in [3.63, 3.8) is 0 Å². The molecule has 0 aliphatic carbocycles. The minimum absolute atomic E-state index is 0.225. The predicted molar refractivity (Wildman–Crippen MR) is 130 cm³/mol. The molecule has 1 N–H and O–H groups in total. The number of pyridine rings is 1. The first-order chi connectivity index (χ1) is 16.6. The largest absolute Gasteiger partial charge is 0.481 e. The average molecular weight is 465 g/mol. The first-order valence-corrected chi connectivity index (χ1v) is 12.1. The van der Waals surface area contributed by atoms with E-state index in [4.69, 9.17) is 19.4 Å². The average Bonchev–Trinajstić information content (AvgIpc) is 3.36. The highest BCUT2D eigenvalue weighted by atomic mass is 16.5. The lowest BCUT2D eigenvalue weighted by Gasteiger charge is -2.35. The number of anilines is 1. The van der Waals surface area contributed by atoms with Crippen molar-refractivity contribution in [3.8, 4) is 17.3 Å². The Labute approximate surface area is 199 Å². The minimum atomic E-state index is 0.225. The summed E-state index contributed by atoms with van der Waals surface area (Å²) in [6, 6.07) is 6.27. The maximum absolute atomic E-state index is 12.2. The van der Waals surface area contributed by atoms with E-state index in [9.17, 15) is 4.79 Å². The summed E-state index contributed by atoms with van der Waals surface area (Å²) in [5, 5.41) is 0.960. The molecule has 34 heavy (non-hydrogen) atoms. The number of nitrogens with one attached hydrogen (secondary N) is 1. The number of morpholine rings is 1. The van der Waals surface area contributed by atoms with Crippen LogP contribution in [0.15, 0.2) is 24.4 Å². The van der Waals surface area contributed by atoms with Crippen LogP contribution in [0.2, 0.25) is 0 Å². The quantitative estimate of drug-likeness (QED) is 0.618. The Balaban J connectivity index is 1.57. The van der Waals surface area contributed by atoms with Crippen molar-refractivity contribution in [1.82, 2.24) is 24.8 Å². The number of likely N-dealkylation sites (tertiary alicyclic amines) is 1. The summed E-state index contributed by atoms with van der Waals surface area (Å²) in [6.07, 6.45) is 4.23. The monoisotopic (exact) mass is 464 g/mol. The summed E-state index contributed by atoms with van der Waals surface area (Å²) in [4.78, 5) is 34.2. The van der Waals surface area contributed by atoms with Crippen LogP contribution in [0.5, 0.6) is 5.88 Å². The van der Waals surface area contributed by atoms with Crippen molar-refractivity contribution in [1.29, 1.82) is 0 Å². The standard InChI is InChI=1S/C25H32N6O3/c1-4-23(32)30-9-6-17(7-10-30)20-14-21(31-11-12-34-15-16(31)2)28-25(27-20)19-13-22(33-3)29-24-18(19)5-8-26-24/h5,8,13-14,16-17H,4,6-7,9-12,15H2,1-3H3,(H,26,29)/t16-/m1/s1. The van der Waals surface area contributed by atoms with Crippen LogP contribution in [0.4, 0.5) is 5.82 Å². The second-order valence-corrected chi connectivity index (χ2v) is 9.05. The van der Waals surface area contributed by atoms with Crippen LogP contribution in [-0.4, -0.2) is 76.7 Å². The van der Waals surface area contributed by atoms with Crippen molar-refractivity contribution < 1.29 is 14.3 Å². The number of methoxy groups -OCH3 is 1. The molecule has 9 nitrogen and oxygen atoms in total. The fraction of sp³-hybridized carbons (Fsp3) is 0.520. The van der Waals surface area contributed by atoms with Crippen molar-refractivity contribution in [2.45, 2.75) is 45.1 Å². The van der Waals surface area contributed by atoms with E-state index in [1.54, 1.807) is 7.11 Å². The van der Waals surface area contributed by atoms with Crippen molar-refractivity contribution in [3.05, 3.63) is 30.1 Å². The van der Waals surface area contributed by atoms with E-state index in [1.807, 2.05) is 30.2 Å². The zero-order chi connectivity index (χ0) is 23.7. The Morgan fingerprint density at radius 1 is 1.21 bits per heavy atom. The van der Waals surface area contributed by atoms with Crippen LogP contribution in [0, 0.1) is 0 Å². The number of amides is 1. The molecule has 0 unspecified atom stereocenters. The number of piperidine rings is 1. The van der Waals surface area contributed by atoms with Gasteiger partial charge in [-0.3, -0.25) is 4.79 Å². The second kappa shape index (κ2) is 9.58. The van der Waals surface area contributed by atoms with Gasteiger partial charge >= 0.3 is 0 Å². The van der Waals surface area contributed by atoms with Crippen LogP contribution in [0.3, 0.4) is 0 Å². The number of rotatable bonds is 5. The van der Waals surface area contributed by atoms with Crippen molar-refractivity contribution >= 4 is 22.8 Å². The van der Waals surface area contributed by atoms with Gasteiger partial charge in [0.1, 0.15) is 11.5 Å². The predicted octanol–water partition coefficient (Wildman–Crippen LogP) is 3.37. The molecule has 5 rings (SSSR count). The summed E-state index contributed by atoms with van der Waals surface area (Å²) in [5.41, 5.74) is 2.67. The number of aromatic nitrogens is 4. The van der Waals surface area contributed by atoms with Crippen LogP contribution in [0.1, 0.15) is 44.7 Å². The van der Waals surface area contributed by atoms with E-state index in [-0.39, 0.29) is 17.9 Å². The van der Waals surface area contributed by atoms with E-state index in [0.29, 0.717) is 31.3 Å². The molecule has 0 spiro atoms. The van der Waals surface area contributed by atoms with Gasteiger partial charge in [-0.1, -0.05) is 6.92 Å². The lowest BCUT2D eigenvalue weighted by Crippen LogP contribution is -2.44. The van der Waals surface area contributed by atoms with Crippen LogP contribution >= 0.6 is 0 Å². The van der Waals surface area contributed by atoms with Gasteiger partial charge in [-0.05, 0) is 25.8 Å². The molecule has 3 aromatic rings. The first-order valence-electron chi connectivity index (χ1n) is 12.1. The van der Waals surface area contributed by atoms with Gasteiger partial charge in [0.05, 0.1) is 26.4 Å². The lowest BCUT2D eigenvalue weighted by molar-refractivity contribution is -0.131. The van der Waals surface area contributed by atoms with Gasteiger partial charge < -0.3 is 24.3 Å². The molecule has 0 aromatic carbocycles. The molecule has 0 bridgehead atoms. The number of ether oxygens (including phenoxy) is 2. The fourth-order valence-corrected chi connectivity index (χ4v) is 4.95. The highest BCUT2D eigenvalue weighted by molar-refractivity contribution is 5.92. The zero-order valence-electron chi connectivity index (χ0n) is 20.1. The normalized spacial score (nSPS) is 19.6. The van der Waals surface area contributed by atoms with Crippen molar-refractivity contribution in [2.24, 2.45) is 0 Å². The first kappa shape index (κ1) is 22.6. The molecule has 1 atom stereocenters. The molecular formula is C25H32N6O3. The molecule has 0 radical (unpaired) electrons. The van der Waals surface area contributed by atoms with Crippen LogP contribution in [-0.2, 0) is 9.53 Å². The molecule has 180 valence electrons. The Morgan fingerprint density at radius 3 is 2.76 bits per heavy atom. The number of nitrogens with zero attached hydrogens (tertiary/aromatic N) is 5. The fourth-order valence-electron chi connectivity index (χ4n) is 4.95. The molecule has 5 heterocycles. The van der Waals surface area contributed by atoms with E-state index in [1.165, 1.54) is 0 Å². The zero-order valence-corrected chi connectivity index (χ0v) is 20.1. The van der Waals surface area contributed by atoms with Gasteiger partial charge in [-0.2, -0.15) is 4.98 Å². The molecule has 2 aliphatic rings. The SMILES string of the molecule is CCC(=O)N1CCC(c2cc(N3CCOC[C@H]3C)nc(-c3cc(OC)nc4[nH]ccc34)n2)CC1. The Bertz CT molecular complexity index is 1170. The number of aromatic amines is 1. The van der Waals surface area contributed by atoms with Gasteiger partial charge in [0.2, 0.25) is 11.8 Å². The number of hydrogen-bond donors (Lipinski definition) is 1. The summed E-state index contributed by atoms with van der Waals surface area (Å²) >= 11 is 0. The second-order valence-electron chi connectivity index (χ2n) is 9.05. The van der Waals surface area contributed by atoms with Gasteiger partial charge in [-0.15, -0.1) is 0 Å². The maximum atomic E-state index is 12.2. The third-order valence-corrected chi connectivity index (χ3v) is 6.92. The topological polar surface area (TPSA) is 96.5 Å². The Hall–Kier alpha value is -3.20. The highest BCUT2D eigenvalue weighted by Crippen LogP contribution is 2.34. The van der Waals surface area contributed by atoms with Gasteiger partial charge in [-0.25, -0.2) is 9.97 Å². The summed E-state index contributed by atoms with van der Waals surface area (Å²) in [7, 11) is 1.62. The van der Waals surface area contributed by atoms with E-state index < -0.39 is 0 Å². The third-order valence-electron chi connectivity index (χ3n) is 6.92. The van der Waals surface area contributed by atoms with Gasteiger partial charge in [0.15, 0.2) is 5.82 Å². The number of carbonyl (C=O) groups is 1. The molecule has 2 saturated heterocycles. The summed E-state index contributed by atoms with van der Waals surface area (Å²) in [6.45, 7) is 7.77. The van der Waals surface area contributed by atoms with E-state index in [2.05, 4.69) is 27.9 Å². The lowest BCUT2D eigenvalue weighted by atomic mass is 9.92. The molecule has 3 aromatic heterocycles. The number of H-pyrrole nitrogens is 1. The molecule has 2 fully saturated rings. The molecular weight excluding hydrogens is 432 g/mol. The number of fused-ring (bicyclic) bond motifs is 1. The summed E-state index contributed by atoms with van der Waals surface area (Å²) < 4.78 is 11.1. The smallest absolute Gasteiger partial charge is 0.222 e. The highest BCUT2D eigenvalue weighted by Gasteiger charge is 2.28. The van der Waals surface area contributed by atoms with Crippen LogP contribution < -0.4 is 9.64 Å². The van der Waals surface area contributed by atoms with E-state index in [0.717, 1.165) is 60.6 Å². The van der Waals surface area contributed by atoms with E-state index >= 15 is 0 Å². The number of hydrogen-bond acceptors (Lipinski definition) is 7. The number of carbonyl (C=O) groups excluding carboxylic acids is 1.